The maximum absolute atomic E-state index is 12.0. The molecule has 5 heteroatoms. The lowest BCUT2D eigenvalue weighted by molar-refractivity contribution is -0.149. The zero-order valence-corrected chi connectivity index (χ0v) is 6.50. The Bertz CT molecular complexity index is 149. The number of methoxy groups -OCH3 is 1. The summed E-state index contributed by atoms with van der Waals surface area (Å²) in [7, 11) is 1.12. The van der Waals surface area contributed by atoms with Gasteiger partial charge in [0.2, 0.25) is 0 Å². The van der Waals surface area contributed by atoms with Gasteiger partial charge in [-0.1, -0.05) is 0 Å². The Balaban J connectivity index is 4.22. The lowest BCUT2D eigenvalue weighted by Gasteiger charge is -2.24. The van der Waals surface area contributed by atoms with Gasteiger partial charge in [-0.05, 0) is 6.92 Å². The number of hydrogen-bond donors (Lipinski definition) is 2. The number of carbonyl (C=O) groups is 1. The van der Waals surface area contributed by atoms with Crippen molar-refractivity contribution in [3.8, 4) is 0 Å². The first kappa shape index (κ1) is 10.3. The van der Waals surface area contributed by atoms with E-state index >= 15 is 0 Å². The monoisotopic (exact) mass is 165 g/mol. The molecular formula is C6H12FNO3. The minimum atomic E-state index is -1.84. The summed E-state index contributed by atoms with van der Waals surface area (Å²) in [6.45, 7) is 0.0534. The number of halogens is 1. The fraction of sp³-hybridized carbons (Fsp3) is 0.833. The second kappa shape index (κ2) is 3.64. The van der Waals surface area contributed by atoms with Crippen molar-refractivity contribution in [3.05, 3.63) is 0 Å². The molecule has 0 aliphatic rings. The molecule has 0 aliphatic carbocycles. The van der Waals surface area contributed by atoms with E-state index in [9.17, 15) is 9.18 Å². The van der Waals surface area contributed by atoms with E-state index in [2.05, 4.69) is 4.74 Å². The molecule has 0 heterocycles. The second-order valence-electron chi connectivity index (χ2n) is 2.49. The quantitative estimate of drug-likeness (QED) is 0.537. The summed E-state index contributed by atoms with van der Waals surface area (Å²) in [6, 6.07) is -1.34. The molecule has 0 aromatic heterocycles. The van der Waals surface area contributed by atoms with E-state index in [-0.39, 0.29) is 0 Å². The maximum atomic E-state index is 12.0. The summed E-state index contributed by atoms with van der Waals surface area (Å²) in [5, 5.41) is 9.09. The third-order valence-electron chi connectivity index (χ3n) is 1.40. The van der Waals surface area contributed by atoms with Crippen molar-refractivity contribution in [3.63, 3.8) is 0 Å². The zero-order valence-electron chi connectivity index (χ0n) is 6.50. The molecule has 0 fully saturated rings. The number of nitrogens with two attached hydrogens (primary N) is 1. The average Bonchev–Trinajstić information content (AvgIpc) is 2.01. The fourth-order valence-corrected chi connectivity index (χ4v) is 0.464. The lowest BCUT2D eigenvalue weighted by atomic mass is 9.99. The first-order valence-electron chi connectivity index (χ1n) is 3.07. The van der Waals surface area contributed by atoms with Gasteiger partial charge >= 0.3 is 5.97 Å². The van der Waals surface area contributed by atoms with Gasteiger partial charge in [-0.2, -0.15) is 0 Å². The third kappa shape index (κ3) is 2.44. The van der Waals surface area contributed by atoms with Crippen molar-refractivity contribution in [1.29, 1.82) is 0 Å². The van der Waals surface area contributed by atoms with Crippen LogP contribution in [0.1, 0.15) is 6.92 Å². The molecule has 66 valence electrons. The van der Waals surface area contributed by atoms with Gasteiger partial charge in [0, 0.05) is 0 Å². The van der Waals surface area contributed by atoms with E-state index in [0.717, 1.165) is 14.0 Å². The van der Waals surface area contributed by atoms with Crippen LogP contribution in [0, 0.1) is 0 Å². The number of rotatable bonds is 3. The Morgan fingerprint density at radius 2 is 2.36 bits per heavy atom. The van der Waals surface area contributed by atoms with Crippen molar-refractivity contribution in [2.24, 2.45) is 5.73 Å². The summed E-state index contributed by atoms with van der Waals surface area (Å²) in [4.78, 5) is 10.6. The molecule has 0 aromatic carbocycles. The highest BCUT2D eigenvalue weighted by Crippen LogP contribution is 2.09. The lowest BCUT2D eigenvalue weighted by Crippen LogP contribution is -2.52. The summed E-state index contributed by atoms with van der Waals surface area (Å²) in [6.07, 6.45) is 0. The maximum Gasteiger partial charge on any atom is 0.325 e. The van der Waals surface area contributed by atoms with Crippen molar-refractivity contribution < 1.29 is 19.0 Å². The topological polar surface area (TPSA) is 72.5 Å². The van der Waals surface area contributed by atoms with Crippen molar-refractivity contribution in [2.45, 2.75) is 18.6 Å². The molecule has 3 N–H and O–H groups in total. The third-order valence-corrected chi connectivity index (χ3v) is 1.40. The SMILES string of the molecule is COC(=O)[C@@H](N)[C@](C)(O)CF. The van der Waals surface area contributed by atoms with Crippen LogP contribution in [0.2, 0.25) is 0 Å². The number of ether oxygens (including phenoxy) is 1. The summed E-state index contributed by atoms with van der Waals surface area (Å²) in [5.74, 6) is -0.826. The number of esters is 1. The summed E-state index contributed by atoms with van der Waals surface area (Å²) < 4.78 is 16.2. The van der Waals surface area contributed by atoms with Gasteiger partial charge in [0.05, 0.1) is 7.11 Å². The van der Waals surface area contributed by atoms with Gasteiger partial charge in [0.25, 0.3) is 0 Å². The molecule has 0 rings (SSSR count). The predicted molar refractivity (Wildman–Crippen MR) is 36.6 cm³/mol. The van der Waals surface area contributed by atoms with E-state index in [0.29, 0.717) is 0 Å². The molecular weight excluding hydrogens is 153 g/mol. The van der Waals surface area contributed by atoms with Gasteiger partial charge in [0.1, 0.15) is 18.3 Å². The zero-order chi connectivity index (χ0) is 9.07. The number of carbonyl (C=O) groups excluding carboxylic acids is 1. The van der Waals surface area contributed by atoms with Crippen LogP contribution in [0.4, 0.5) is 4.39 Å². The highest BCUT2D eigenvalue weighted by molar-refractivity contribution is 5.76. The number of hydrogen-bond acceptors (Lipinski definition) is 4. The minimum absolute atomic E-state index is 0.826. The van der Waals surface area contributed by atoms with Crippen molar-refractivity contribution in [2.75, 3.05) is 13.8 Å². The van der Waals surface area contributed by atoms with Gasteiger partial charge < -0.3 is 15.6 Å². The number of alkyl halides is 1. The Morgan fingerprint density at radius 1 is 1.91 bits per heavy atom. The molecule has 0 aromatic rings. The van der Waals surface area contributed by atoms with Crippen LogP contribution in [-0.4, -0.2) is 36.5 Å². The van der Waals surface area contributed by atoms with E-state index in [1.807, 2.05) is 0 Å². The predicted octanol–water partition coefficient (Wildman–Crippen LogP) is -0.793. The Labute approximate surface area is 64.1 Å². The first-order chi connectivity index (χ1) is 4.95. The largest absolute Gasteiger partial charge is 0.468 e. The molecule has 0 unspecified atom stereocenters. The normalized spacial score (nSPS) is 18.6. The van der Waals surface area contributed by atoms with E-state index < -0.39 is 24.3 Å². The van der Waals surface area contributed by atoms with Crippen molar-refractivity contribution >= 4 is 5.97 Å². The molecule has 0 saturated carbocycles. The molecule has 4 nitrogen and oxygen atoms in total. The molecule has 2 atom stereocenters. The van der Waals surface area contributed by atoms with Gasteiger partial charge in [-0.3, -0.25) is 4.79 Å². The van der Waals surface area contributed by atoms with E-state index in [1.165, 1.54) is 0 Å². The van der Waals surface area contributed by atoms with Gasteiger partial charge in [-0.25, -0.2) is 4.39 Å². The standard InChI is InChI=1S/C6H12FNO3/c1-6(10,3-7)4(8)5(9)11-2/h4,10H,3,8H2,1-2H3/t4-,6-/m1/s1. The van der Waals surface area contributed by atoms with E-state index in [4.69, 9.17) is 10.8 Å². The molecule has 0 spiro atoms. The van der Waals surface area contributed by atoms with Crippen LogP contribution in [0.5, 0.6) is 0 Å². The minimum Gasteiger partial charge on any atom is -0.468 e. The first-order valence-corrected chi connectivity index (χ1v) is 3.07. The molecule has 0 saturated heterocycles. The highest BCUT2D eigenvalue weighted by atomic mass is 19.1. The summed E-state index contributed by atoms with van der Waals surface area (Å²) in [5.41, 5.74) is 3.31. The van der Waals surface area contributed by atoms with Crippen LogP contribution in [0.25, 0.3) is 0 Å². The van der Waals surface area contributed by atoms with Crippen LogP contribution in [0.3, 0.4) is 0 Å². The van der Waals surface area contributed by atoms with Gasteiger partial charge in [-0.15, -0.1) is 0 Å². The Kier molecular flexibility index (Phi) is 3.41. The van der Waals surface area contributed by atoms with Crippen LogP contribution in [0.15, 0.2) is 0 Å². The van der Waals surface area contributed by atoms with Crippen LogP contribution in [-0.2, 0) is 9.53 Å². The van der Waals surface area contributed by atoms with Crippen molar-refractivity contribution in [1.82, 2.24) is 0 Å². The molecule has 11 heavy (non-hydrogen) atoms. The van der Waals surface area contributed by atoms with Crippen LogP contribution < -0.4 is 5.73 Å². The molecule has 0 aliphatic heterocycles. The highest BCUT2D eigenvalue weighted by Gasteiger charge is 2.35. The van der Waals surface area contributed by atoms with Gasteiger partial charge in [0.15, 0.2) is 0 Å². The number of aliphatic hydroxyl groups is 1. The van der Waals surface area contributed by atoms with Crippen LogP contribution >= 0.6 is 0 Å². The fourth-order valence-electron chi connectivity index (χ4n) is 0.464. The Morgan fingerprint density at radius 3 is 2.64 bits per heavy atom. The molecule has 0 amide bonds. The second-order valence-corrected chi connectivity index (χ2v) is 2.49. The Hall–Kier alpha value is -0.680. The smallest absolute Gasteiger partial charge is 0.325 e. The van der Waals surface area contributed by atoms with E-state index in [1.54, 1.807) is 0 Å². The molecule has 0 radical (unpaired) electrons. The molecule has 0 bridgehead atoms. The average molecular weight is 165 g/mol. The summed E-state index contributed by atoms with van der Waals surface area (Å²) >= 11 is 0.